The molecule has 0 spiro atoms. The van der Waals surface area contributed by atoms with Gasteiger partial charge in [-0.15, -0.1) is 22.7 Å². The van der Waals surface area contributed by atoms with Crippen molar-refractivity contribution in [1.29, 1.82) is 5.26 Å². The van der Waals surface area contributed by atoms with Crippen LogP contribution in [-0.4, -0.2) is 0 Å². The number of rotatable bonds is 3. The van der Waals surface area contributed by atoms with Crippen LogP contribution in [-0.2, 0) is 6.42 Å². The van der Waals surface area contributed by atoms with Crippen molar-refractivity contribution >= 4 is 60.2 Å². The summed E-state index contributed by atoms with van der Waals surface area (Å²) in [5.74, 6) is 0. The van der Waals surface area contributed by atoms with Gasteiger partial charge in [-0.05, 0) is 49.9 Å². The highest BCUT2D eigenvalue weighted by Crippen LogP contribution is 2.45. The summed E-state index contributed by atoms with van der Waals surface area (Å²) in [4.78, 5) is 2.90. The number of nitriles is 1. The van der Waals surface area contributed by atoms with E-state index in [0.717, 1.165) is 36.4 Å². The van der Waals surface area contributed by atoms with E-state index < -0.39 is 0 Å². The number of nitrogens with zero attached hydrogens (tertiary/aromatic N) is 1. The highest BCUT2D eigenvalue weighted by molar-refractivity contribution is 9.13. The lowest BCUT2D eigenvalue weighted by Crippen LogP contribution is -1.92. The van der Waals surface area contributed by atoms with Gasteiger partial charge in [0.2, 0.25) is 0 Å². The average Bonchev–Trinajstić information content (AvgIpc) is 2.83. The summed E-state index contributed by atoms with van der Waals surface area (Å²) in [6, 6.07) is 4.25. The summed E-state index contributed by atoms with van der Waals surface area (Å²) in [5, 5.41) is 9.10. The molecule has 2 aromatic rings. The van der Waals surface area contributed by atoms with E-state index in [1.165, 1.54) is 11.3 Å². The lowest BCUT2D eigenvalue weighted by atomic mass is 10.1. The quantitative estimate of drug-likeness (QED) is 0.742. The summed E-state index contributed by atoms with van der Waals surface area (Å²) < 4.78 is 2.10. The highest BCUT2D eigenvalue weighted by atomic mass is 79.9. The molecular formula is C12H10Br2N2S2. The fourth-order valence-corrected chi connectivity index (χ4v) is 4.95. The van der Waals surface area contributed by atoms with E-state index in [1.54, 1.807) is 11.3 Å². The molecule has 0 saturated heterocycles. The highest BCUT2D eigenvalue weighted by Gasteiger charge is 2.18. The van der Waals surface area contributed by atoms with E-state index in [1.807, 2.05) is 0 Å². The zero-order chi connectivity index (χ0) is 13.3. The van der Waals surface area contributed by atoms with Crippen LogP contribution in [0.1, 0.15) is 23.8 Å². The molecule has 2 nitrogen and oxygen atoms in total. The SMILES string of the molecule is CCCc1c(-c2cc(Br)c(Br)s2)sc(C#N)c1N. The minimum absolute atomic E-state index is 0.620. The number of hydrogen-bond acceptors (Lipinski definition) is 4. The van der Waals surface area contributed by atoms with Crippen LogP contribution in [0.25, 0.3) is 9.75 Å². The van der Waals surface area contributed by atoms with Gasteiger partial charge in [-0.25, -0.2) is 0 Å². The molecule has 0 amide bonds. The normalized spacial score (nSPS) is 10.6. The van der Waals surface area contributed by atoms with Gasteiger partial charge in [0.25, 0.3) is 0 Å². The van der Waals surface area contributed by atoms with Gasteiger partial charge < -0.3 is 5.73 Å². The Morgan fingerprint density at radius 3 is 2.61 bits per heavy atom. The van der Waals surface area contributed by atoms with Crippen molar-refractivity contribution in [3.05, 3.63) is 24.8 Å². The van der Waals surface area contributed by atoms with Crippen molar-refractivity contribution in [3.8, 4) is 15.8 Å². The lowest BCUT2D eigenvalue weighted by molar-refractivity contribution is 0.930. The average molecular weight is 406 g/mol. The van der Waals surface area contributed by atoms with E-state index in [-0.39, 0.29) is 0 Å². The molecule has 2 aromatic heterocycles. The third-order valence-electron chi connectivity index (χ3n) is 2.52. The maximum absolute atomic E-state index is 9.10. The first kappa shape index (κ1) is 14.1. The monoisotopic (exact) mass is 404 g/mol. The van der Waals surface area contributed by atoms with Crippen LogP contribution >= 0.6 is 54.5 Å². The van der Waals surface area contributed by atoms with Crippen LogP contribution in [0.3, 0.4) is 0 Å². The molecule has 94 valence electrons. The van der Waals surface area contributed by atoms with Gasteiger partial charge in [0.1, 0.15) is 10.9 Å². The molecular weight excluding hydrogens is 396 g/mol. The topological polar surface area (TPSA) is 49.8 Å². The first-order valence-corrected chi connectivity index (χ1v) is 8.56. The zero-order valence-corrected chi connectivity index (χ0v) is 14.4. The van der Waals surface area contributed by atoms with Crippen LogP contribution in [0.2, 0.25) is 0 Å². The summed E-state index contributed by atoms with van der Waals surface area (Å²) in [5.41, 5.74) is 7.82. The number of anilines is 1. The summed E-state index contributed by atoms with van der Waals surface area (Å²) in [6.07, 6.45) is 1.93. The van der Waals surface area contributed by atoms with Crippen molar-refractivity contribution in [3.63, 3.8) is 0 Å². The number of thiophene rings is 2. The smallest absolute Gasteiger partial charge is 0.128 e. The maximum Gasteiger partial charge on any atom is 0.128 e. The van der Waals surface area contributed by atoms with Gasteiger partial charge in [-0.1, -0.05) is 13.3 Å². The van der Waals surface area contributed by atoms with Crippen molar-refractivity contribution < 1.29 is 0 Å². The second kappa shape index (κ2) is 5.74. The molecule has 2 heterocycles. The predicted molar refractivity (Wildman–Crippen MR) is 86.2 cm³/mol. The third-order valence-corrected chi connectivity index (χ3v) is 7.11. The van der Waals surface area contributed by atoms with Crippen LogP contribution < -0.4 is 5.73 Å². The molecule has 0 radical (unpaired) electrons. The van der Waals surface area contributed by atoms with E-state index in [4.69, 9.17) is 11.0 Å². The molecule has 0 aromatic carbocycles. The minimum atomic E-state index is 0.620. The van der Waals surface area contributed by atoms with Crippen molar-refractivity contribution in [1.82, 2.24) is 0 Å². The fourth-order valence-electron chi connectivity index (χ4n) is 1.72. The fraction of sp³-hybridized carbons (Fsp3) is 0.250. The third kappa shape index (κ3) is 2.50. The number of nitrogen functional groups attached to an aromatic ring is 1. The van der Waals surface area contributed by atoms with Gasteiger partial charge in [0.15, 0.2) is 0 Å². The largest absolute Gasteiger partial charge is 0.397 e. The summed E-state index contributed by atoms with van der Waals surface area (Å²) >= 11 is 10.1. The summed E-state index contributed by atoms with van der Waals surface area (Å²) in [6.45, 7) is 2.12. The van der Waals surface area contributed by atoms with Crippen LogP contribution in [0.4, 0.5) is 5.69 Å². The van der Waals surface area contributed by atoms with Crippen LogP contribution in [0.5, 0.6) is 0 Å². The van der Waals surface area contributed by atoms with Crippen molar-refractivity contribution in [2.45, 2.75) is 19.8 Å². The number of halogens is 2. The Hall–Kier alpha value is -0.350. The molecule has 0 aliphatic carbocycles. The molecule has 0 saturated carbocycles. The first-order valence-electron chi connectivity index (χ1n) is 5.34. The molecule has 18 heavy (non-hydrogen) atoms. The Bertz CT molecular complexity index is 603. The van der Waals surface area contributed by atoms with Gasteiger partial charge >= 0.3 is 0 Å². The van der Waals surface area contributed by atoms with E-state index in [9.17, 15) is 0 Å². The van der Waals surface area contributed by atoms with Gasteiger partial charge in [0.05, 0.1) is 14.4 Å². The molecule has 2 rings (SSSR count). The molecule has 0 atom stereocenters. The number of hydrogen-bond donors (Lipinski definition) is 1. The Kier molecular flexibility index (Phi) is 4.49. The zero-order valence-electron chi connectivity index (χ0n) is 9.59. The van der Waals surface area contributed by atoms with E-state index in [2.05, 4.69) is 50.9 Å². The van der Waals surface area contributed by atoms with Crippen LogP contribution in [0, 0.1) is 11.3 Å². The van der Waals surface area contributed by atoms with E-state index >= 15 is 0 Å². The van der Waals surface area contributed by atoms with Crippen molar-refractivity contribution in [2.75, 3.05) is 5.73 Å². The predicted octanol–water partition coefficient (Wildman–Crippen LogP) is 5.41. The van der Waals surface area contributed by atoms with Crippen molar-refractivity contribution in [2.24, 2.45) is 0 Å². The number of nitrogens with two attached hydrogens (primary N) is 1. The second-order valence-electron chi connectivity index (χ2n) is 3.75. The van der Waals surface area contributed by atoms with E-state index in [0.29, 0.717) is 10.6 Å². The molecule has 0 bridgehead atoms. The second-order valence-corrected chi connectivity index (χ2v) is 7.99. The Morgan fingerprint density at radius 2 is 2.11 bits per heavy atom. The first-order chi connectivity index (χ1) is 8.58. The molecule has 0 fully saturated rings. The Labute approximate surface area is 131 Å². The summed E-state index contributed by atoms with van der Waals surface area (Å²) in [7, 11) is 0. The maximum atomic E-state index is 9.10. The molecule has 0 unspecified atom stereocenters. The van der Waals surface area contributed by atoms with Gasteiger partial charge in [-0.2, -0.15) is 5.26 Å². The molecule has 0 aliphatic heterocycles. The van der Waals surface area contributed by atoms with Gasteiger partial charge in [-0.3, -0.25) is 0 Å². The Morgan fingerprint density at radius 1 is 1.39 bits per heavy atom. The standard InChI is InChI=1S/C12H10Br2N2S2/c1-2-3-6-10(16)9(5-15)17-11(6)8-4-7(13)12(14)18-8/h4H,2-3,16H2,1H3. The minimum Gasteiger partial charge on any atom is -0.397 e. The van der Waals surface area contributed by atoms with Crippen LogP contribution in [0.15, 0.2) is 14.3 Å². The van der Waals surface area contributed by atoms with Gasteiger partial charge in [0, 0.05) is 9.35 Å². The Balaban J connectivity index is 2.59. The molecule has 2 N–H and O–H groups in total. The molecule has 6 heteroatoms. The molecule has 0 aliphatic rings. The lowest BCUT2D eigenvalue weighted by Gasteiger charge is -2.01.